The van der Waals surface area contributed by atoms with Crippen molar-refractivity contribution in [3.8, 4) is 11.1 Å². The van der Waals surface area contributed by atoms with Gasteiger partial charge in [0, 0.05) is 5.02 Å². The van der Waals surface area contributed by atoms with Crippen molar-refractivity contribution in [1.29, 1.82) is 0 Å². The molecule has 1 N–H and O–H groups in total. The normalized spacial score (nSPS) is 11.6. The first-order chi connectivity index (χ1) is 16.3. The first-order valence-corrected chi connectivity index (χ1v) is 13.0. The quantitative estimate of drug-likeness (QED) is 0.371. The van der Waals surface area contributed by atoms with Crippen LogP contribution in [0.3, 0.4) is 0 Å². The van der Waals surface area contributed by atoms with E-state index in [1.54, 1.807) is 6.07 Å². The number of carbonyl (C=O) groups excluding carboxylic acids is 1. The monoisotopic (exact) mass is 496 g/mol. The number of aromatic nitrogens is 3. The molecular weight excluding hydrogens is 472 g/mol. The van der Waals surface area contributed by atoms with Gasteiger partial charge < -0.3 is 4.57 Å². The largest absolute Gasteiger partial charge is 0.308 e. The van der Waals surface area contributed by atoms with Gasteiger partial charge in [-0.15, -0.1) is 0 Å². The Kier molecular flexibility index (Phi) is 7.00. The van der Waals surface area contributed by atoms with E-state index < -0.39 is 15.9 Å². The Morgan fingerprint density at radius 1 is 1.03 bits per heavy atom. The number of amides is 1. The molecule has 176 valence electrons. The van der Waals surface area contributed by atoms with Crippen LogP contribution in [-0.2, 0) is 16.6 Å². The number of aryl methyl sites for hydroxylation is 1. The van der Waals surface area contributed by atoms with E-state index in [0.717, 1.165) is 16.7 Å². The fourth-order valence-electron chi connectivity index (χ4n) is 3.67. The number of unbranched alkanes of at least 4 members (excludes halogenated alkanes) is 1. The fourth-order valence-corrected chi connectivity index (χ4v) is 5.06. The second-order valence-corrected chi connectivity index (χ2v) is 10.3. The molecule has 9 heteroatoms. The summed E-state index contributed by atoms with van der Waals surface area (Å²) in [4.78, 5) is 21.5. The summed E-state index contributed by atoms with van der Waals surface area (Å²) in [6, 6.07) is 19.0. The highest BCUT2D eigenvalue weighted by molar-refractivity contribution is 7.90. The molecule has 4 aromatic rings. The van der Waals surface area contributed by atoms with Gasteiger partial charge in [0.1, 0.15) is 17.0 Å². The fraction of sp³-hybridized carbons (Fsp3) is 0.240. The van der Waals surface area contributed by atoms with Crippen LogP contribution < -0.4 is 4.72 Å². The third-order valence-electron chi connectivity index (χ3n) is 5.52. The predicted octanol–water partition coefficient (Wildman–Crippen LogP) is 4.97. The number of nitrogens with one attached hydrogen (secondary N) is 1. The summed E-state index contributed by atoms with van der Waals surface area (Å²) in [6.45, 7) is 4.14. The Bertz CT molecular complexity index is 1450. The van der Waals surface area contributed by atoms with E-state index in [0.29, 0.717) is 41.4 Å². The molecule has 4 rings (SSSR count). The van der Waals surface area contributed by atoms with E-state index in [9.17, 15) is 13.2 Å². The summed E-state index contributed by atoms with van der Waals surface area (Å²) in [5.41, 5.74) is 4.08. The number of carbonyl (C=O) groups is 1. The van der Waals surface area contributed by atoms with Crippen molar-refractivity contribution in [2.75, 3.05) is 5.75 Å². The van der Waals surface area contributed by atoms with Crippen molar-refractivity contribution in [3.05, 3.63) is 82.8 Å². The van der Waals surface area contributed by atoms with E-state index in [2.05, 4.69) is 14.7 Å². The van der Waals surface area contributed by atoms with Gasteiger partial charge in [0.25, 0.3) is 5.91 Å². The number of rotatable bonds is 8. The van der Waals surface area contributed by atoms with Gasteiger partial charge in [-0.1, -0.05) is 67.4 Å². The maximum absolute atomic E-state index is 12.6. The molecule has 0 aliphatic rings. The minimum atomic E-state index is -3.71. The average molecular weight is 497 g/mol. The van der Waals surface area contributed by atoms with Crippen LogP contribution in [0.25, 0.3) is 22.3 Å². The first kappa shape index (κ1) is 23.9. The highest BCUT2D eigenvalue weighted by atomic mass is 35.5. The van der Waals surface area contributed by atoms with Crippen LogP contribution in [0.4, 0.5) is 0 Å². The summed E-state index contributed by atoms with van der Waals surface area (Å²) >= 11 is 6.61. The second-order valence-electron chi connectivity index (χ2n) is 8.06. The molecule has 0 fully saturated rings. The highest BCUT2D eigenvalue weighted by Crippen LogP contribution is 2.27. The smallest absolute Gasteiger partial charge is 0.283 e. The van der Waals surface area contributed by atoms with Gasteiger partial charge in [-0.25, -0.2) is 23.1 Å². The number of halogens is 1. The Morgan fingerprint density at radius 3 is 2.50 bits per heavy atom. The SMILES string of the molecule is CCCCS(=O)(=O)NC(=O)c1ccc2nc(C)n(Cc3ccc(-c4ccccc4)cc3Cl)c2n1. The van der Waals surface area contributed by atoms with Crippen LogP contribution in [0, 0.1) is 6.92 Å². The van der Waals surface area contributed by atoms with Gasteiger partial charge in [-0.3, -0.25) is 4.79 Å². The Balaban J connectivity index is 1.62. The lowest BCUT2D eigenvalue weighted by Crippen LogP contribution is -2.33. The van der Waals surface area contributed by atoms with Gasteiger partial charge in [0.05, 0.1) is 12.3 Å². The number of benzene rings is 2. The third-order valence-corrected chi connectivity index (χ3v) is 7.19. The molecule has 0 atom stereocenters. The summed E-state index contributed by atoms with van der Waals surface area (Å²) in [6.07, 6.45) is 1.19. The number of hydrogen-bond acceptors (Lipinski definition) is 5. The van der Waals surface area contributed by atoms with Crippen LogP contribution in [0.15, 0.2) is 60.7 Å². The molecule has 0 aliphatic heterocycles. The van der Waals surface area contributed by atoms with Crippen molar-refractivity contribution in [1.82, 2.24) is 19.3 Å². The van der Waals surface area contributed by atoms with E-state index in [1.807, 2.05) is 66.9 Å². The molecule has 0 spiro atoms. The Hall–Kier alpha value is -3.23. The van der Waals surface area contributed by atoms with E-state index >= 15 is 0 Å². The molecule has 7 nitrogen and oxygen atoms in total. The number of hydrogen-bond donors (Lipinski definition) is 1. The molecule has 2 heterocycles. The maximum Gasteiger partial charge on any atom is 0.283 e. The van der Waals surface area contributed by atoms with Gasteiger partial charge in [-0.2, -0.15) is 0 Å². The molecule has 2 aromatic carbocycles. The summed E-state index contributed by atoms with van der Waals surface area (Å²) < 4.78 is 28.2. The van der Waals surface area contributed by atoms with Crippen molar-refractivity contribution in [2.24, 2.45) is 0 Å². The predicted molar refractivity (Wildman–Crippen MR) is 134 cm³/mol. The molecule has 34 heavy (non-hydrogen) atoms. The zero-order valence-corrected chi connectivity index (χ0v) is 20.5. The molecule has 0 unspecified atom stereocenters. The molecule has 0 saturated carbocycles. The van der Waals surface area contributed by atoms with Crippen LogP contribution >= 0.6 is 11.6 Å². The lowest BCUT2D eigenvalue weighted by atomic mass is 10.0. The van der Waals surface area contributed by atoms with Gasteiger partial charge in [-0.05, 0) is 48.2 Å². The Morgan fingerprint density at radius 2 is 1.79 bits per heavy atom. The van der Waals surface area contributed by atoms with Crippen LogP contribution in [0.2, 0.25) is 5.02 Å². The lowest BCUT2D eigenvalue weighted by molar-refractivity contribution is 0.0977. The minimum Gasteiger partial charge on any atom is -0.308 e. The van der Waals surface area contributed by atoms with Gasteiger partial charge >= 0.3 is 0 Å². The number of sulfonamides is 1. The standard InChI is InChI=1S/C25H25ClN4O3S/c1-3-4-14-34(32,33)29-25(31)23-13-12-22-24(28-23)30(17(2)27-22)16-20-11-10-19(15-21(20)26)18-8-6-5-7-9-18/h5-13,15H,3-4,14,16H2,1-2H3,(H,29,31). The Labute approximate surface area is 203 Å². The molecule has 1 amide bonds. The topological polar surface area (TPSA) is 94.0 Å². The van der Waals surface area contributed by atoms with Gasteiger partial charge in [0.15, 0.2) is 5.65 Å². The molecule has 0 radical (unpaired) electrons. The molecule has 2 aromatic heterocycles. The molecule has 0 saturated heterocycles. The van der Waals surface area contributed by atoms with Crippen molar-refractivity contribution < 1.29 is 13.2 Å². The summed E-state index contributed by atoms with van der Waals surface area (Å²) in [7, 11) is -3.71. The second kappa shape index (κ2) is 9.95. The number of pyridine rings is 1. The van der Waals surface area contributed by atoms with Crippen LogP contribution in [0.5, 0.6) is 0 Å². The maximum atomic E-state index is 12.6. The molecular formula is C25H25ClN4O3S. The number of fused-ring (bicyclic) bond motifs is 1. The van der Waals surface area contributed by atoms with Crippen LogP contribution in [0.1, 0.15) is 41.6 Å². The summed E-state index contributed by atoms with van der Waals surface area (Å²) in [5.74, 6) is -0.154. The van der Waals surface area contributed by atoms with Crippen LogP contribution in [-0.4, -0.2) is 34.6 Å². The first-order valence-electron chi connectivity index (χ1n) is 11.0. The minimum absolute atomic E-state index is 0.0132. The lowest BCUT2D eigenvalue weighted by Gasteiger charge is -2.11. The van der Waals surface area contributed by atoms with Crippen molar-refractivity contribution in [3.63, 3.8) is 0 Å². The zero-order chi connectivity index (χ0) is 24.3. The molecule has 0 bridgehead atoms. The molecule has 0 aliphatic carbocycles. The van der Waals surface area contributed by atoms with E-state index in [4.69, 9.17) is 11.6 Å². The average Bonchev–Trinajstić information content (AvgIpc) is 3.13. The van der Waals surface area contributed by atoms with Gasteiger partial charge in [0.2, 0.25) is 10.0 Å². The summed E-state index contributed by atoms with van der Waals surface area (Å²) in [5, 5.41) is 0.610. The zero-order valence-electron chi connectivity index (χ0n) is 19.0. The van der Waals surface area contributed by atoms with Crippen molar-refractivity contribution in [2.45, 2.75) is 33.2 Å². The number of imidazole rings is 1. The van der Waals surface area contributed by atoms with Crippen molar-refractivity contribution >= 4 is 38.7 Å². The number of nitrogens with zero attached hydrogens (tertiary/aromatic N) is 3. The van der Waals surface area contributed by atoms with E-state index in [-0.39, 0.29) is 11.4 Å². The third kappa shape index (κ3) is 5.29. The highest BCUT2D eigenvalue weighted by Gasteiger charge is 2.19. The van der Waals surface area contributed by atoms with E-state index in [1.165, 1.54) is 6.07 Å².